The van der Waals surface area contributed by atoms with E-state index < -0.39 is 6.36 Å². The summed E-state index contributed by atoms with van der Waals surface area (Å²) in [7, 11) is 0. The van der Waals surface area contributed by atoms with Gasteiger partial charge in [0.1, 0.15) is 5.75 Å². The molecule has 3 nitrogen and oxygen atoms in total. The zero-order valence-corrected chi connectivity index (χ0v) is 10.3. The molecule has 1 aromatic rings. The van der Waals surface area contributed by atoms with Crippen LogP contribution in [0.15, 0.2) is 24.3 Å². The van der Waals surface area contributed by atoms with E-state index in [9.17, 15) is 13.2 Å². The van der Waals surface area contributed by atoms with E-state index >= 15 is 0 Å². The summed E-state index contributed by atoms with van der Waals surface area (Å²) in [6, 6.07) is 5.58. The Balaban J connectivity index is 2.01. The number of rotatable bonds is 3. The van der Waals surface area contributed by atoms with Gasteiger partial charge in [0.15, 0.2) is 0 Å². The lowest BCUT2D eigenvalue weighted by molar-refractivity contribution is -0.274. The van der Waals surface area contributed by atoms with Crippen LogP contribution in [0.5, 0.6) is 5.75 Å². The minimum atomic E-state index is -4.66. The lowest BCUT2D eigenvalue weighted by Crippen LogP contribution is -2.27. The molecule has 0 saturated carbocycles. The van der Waals surface area contributed by atoms with Crippen molar-refractivity contribution in [3.8, 4) is 5.75 Å². The Bertz CT molecular complexity index is 399. The summed E-state index contributed by atoms with van der Waals surface area (Å²) in [6.07, 6.45) is -2.91. The number of hydrogen-bond acceptors (Lipinski definition) is 3. The zero-order chi connectivity index (χ0) is 13.9. The van der Waals surface area contributed by atoms with Crippen molar-refractivity contribution in [3.05, 3.63) is 29.8 Å². The third kappa shape index (κ3) is 4.11. The van der Waals surface area contributed by atoms with Crippen LogP contribution >= 0.6 is 0 Å². The molecule has 0 radical (unpaired) electrons. The average Bonchev–Trinajstić information content (AvgIpc) is 2.38. The molecule has 1 heterocycles. The van der Waals surface area contributed by atoms with Gasteiger partial charge >= 0.3 is 6.36 Å². The van der Waals surface area contributed by atoms with E-state index in [1.165, 1.54) is 12.1 Å². The number of hydrogen-bond donors (Lipinski definition) is 1. The van der Waals surface area contributed by atoms with Gasteiger partial charge in [0.2, 0.25) is 0 Å². The zero-order valence-electron chi connectivity index (χ0n) is 10.3. The molecule has 1 atom stereocenters. The molecular formula is C13H16F3NO2. The number of nitrogens with two attached hydrogens (primary N) is 1. The highest BCUT2D eigenvalue weighted by molar-refractivity contribution is 5.29. The molecule has 0 aromatic heterocycles. The van der Waals surface area contributed by atoms with E-state index in [-0.39, 0.29) is 11.8 Å². The Hall–Kier alpha value is -1.27. The summed E-state index contributed by atoms with van der Waals surface area (Å²) in [4.78, 5) is 0. The summed E-state index contributed by atoms with van der Waals surface area (Å²) in [6.45, 7) is 1.38. The van der Waals surface area contributed by atoms with Gasteiger partial charge < -0.3 is 15.2 Å². The van der Waals surface area contributed by atoms with Crippen LogP contribution in [0.3, 0.4) is 0 Å². The highest BCUT2D eigenvalue weighted by atomic mass is 19.4. The average molecular weight is 275 g/mol. The molecule has 2 rings (SSSR count). The van der Waals surface area contributed by atoms with E-state index in [1.807, 2.05) is 0 Å². The van der Waals surface area contributed by atoms with Gasteiger partial charge in [-0.25, -0.2) is 0 Å². The van der Waals surface area contributed by atoms with Crippen molar-refractivity contribution < 1.29 is 22.6 Å². The van der Waals surface area contributed by atoms with Crippen LogP contribution < -0.4 is 10.5 Å². The summed E-state index contributed by atoms with van der Waals surface area (Å²) in [5.41, 5.74) is 6.95. The standard InChI is InChI=1S/C13H16F3NO2/c14-13(15,16)19-11-3-1-9(2-4-11)12(17)10-5-7-18-8-6-10/h1-4,10,12H,5-8,17H2/t12-/m0/s1. The normalized spacial score (nSPS) is 19.2. The molecule has 1 aromatic carbocycles. The minimum absolute atomic E-state index is 0.177. The SMILES string of the molecule is N[C@@H](c1ccc(OC(F)(F)F)cc1)C1CCOCC1. The maximum absolute atomic E-state index is 12.0. The van der Waals surface area contributed by atoms with Crippen LogP contribution in [-0.2, 0) is 4.74 Å². The first-order chi connectivity index (χ1) is 8.96. The Morgan fingerprint density at radius 3 is 2.26 bits per heavy atom. The summed E-state index contributed by atoms with van der Waals surface area (Å²) < 4.78 is 45.2. The number of alkyl halides is 3. The predicted molar refractivity (Wildman–Crippen MR) is 63.6 cm³/mol. The first-order valence-corrected chi connectivity index (χ1v) is 6.15. The van der Waals surface area contributed by atoms with Crippen molar-refractivity contribution in [2.24, 2.45) is 11.7 Å². The third-order valence-corrected chi connectivity index (χ3v) is 3.27. The molecule has 6 heteroatoms. The van der Waals surface area contributed by atoms with E-state index in [2.05, 4.69) is 4.74 Å². The first kappa shape index (κ1) is 14.1. The molecule has 0 unspecified atom stereocenters. The second kappa shape index (κ2) is 5.79. The number of halogens is 3. The van der Waals surface area contributed by atoms with Crippen molar-refractivity contribution in [1.82, 2.24) is 0 Å². The summed E-state index contributed by atoms with van der Waals surface area (Å²) in [5, 5.41) is 0. The van der Waals surface area contributed by atoms with E-state index in [4.69, 9.17) is 10.5 Å². The molecule has 1 aliphatic rings. The number of benzene rings is 1. The molecule has 0 bridgehead atoms. The maximum Gasteiger partial charge on any atom is 0.573 e. The van der Waals surface area contributed by atoms with Gasteiger partial charge in [0, 0.05) is 19.3 Å². The van der Waals surface area contributed by atoms with Crippen LogP contribution in [0.2, 0.25) is 0 Å². The summed E-state index contributed by atoms with van der Waals surface area (Å²) in [5.74, 6) is 0.0820. The monoisotopic (exact) mass is 275 g/mol. The quantitative estimate of drug-likeness (QED) is 0.922. The van der Waals surface area contributed by atoms with Gasteiger partial charge in [-0.3, -0.25) is 0 Å². The van der Waals surface area contributed by atoms with Gasteiger partial charge in [-0.1, -0.05) is 12.1 Å². The Kier molecular flexibility index (Phi) is 4.31. The fraction of sp³-hybridized carbons (Fsp3) is 0.538. The molecule has 0 spiro atoms. The van der Waals surface area contributed by atoms with Crippen molar-refractivity contribution in [2.75, 3.05) is 13.2 Å². The molecular weight excluding hydrogens is 259 g/mol. The van der Waals surface area contributed by atoms with Crippen LogP contribution in [0.1, 0.15) is 24.4 Å². The smallest absolute Gasteiger partial charge is 0.406 e. The summed E-state index contributed by atoms with van der Waals surface area (Å²) >= 11 is 0. The molecule has 0 aliphatic carbocycles. The molecule has 1 aliphatic heterocycles. The van der Waals surface area contributed by atoms with Gasteiger partial charge in [0.05, 0.1) is 0 Å². The molecule has 106 valence electrons. The molecule has 1 saturated heterocycles. The van der Waals surface area contributed by atoms with Crippen molar-refractivity contribution >= 4 is 0 Å². The van der Waals surface area contributed by atoms with Gasteiger partial charge in [0.25, 0.3) is 0 Å². The molecule has 2 N–H and O–H groups in total. The van der Waals surface area contributed by atoms with Gasteiger partial charge in [-0.2, -0.15) is 0 Å². The fourth-order valence-corrected chi connectivity index (χ4v) is 2.24. The van der Waals surface area contributed by atoms with Crippen LogP contribution in [-0.4, -0.2) is 19.6 Å². The largest absolute Gasteiger partial charge is 0.573 e. The fourth-order valence-electron chi connectivity index (χ4n) is 2.24. The van der Waals surface area contributed by atoms with Gasteiger partial charge in [-0.05, 0) is 36.5 Å². The second-order valence-electron chi connectivity index (χ2n) is 4.59. The molecule has 19 heavy (non-hydrogen) atoms. The Morgan fingerprint density at radius 1 is 1.16 bits per heavy atom. The van der Waals surface area contributed by atoms with E-state index in [0.29, 0.717) is 19.1 Å². The van der Waals surface area contributed by atoms with Crippen molar-refractivity contribution in [3.63, 3.8) is 0 Å². The highest BCUT2D eigenvalue weighted by Crippen LogP contribution is 2.30. The minimum Gasteiger partial charge on any atom is -0.406 e. The number of ether oxygens (including phenoxy) is 2. The lowest BCUT2D eigenvalue weighted by atomic mass is 9.88. The highest BCUT2D eigenvalue weighted by Gasteiger charge is 2.31. The molecule has 0 amide bonds. The lowest BCUT2D eigenvalue weighted by Gasteiger charge is -2.28. The Morgan fingerprint density at radius 2 is 1.74 bits per heavy atom. The van der Waals surface area contributed by atoms with Gasteiger partial charge in [-0.15, -0.1) is 13.2 Å². The topological polar surface area (TPSA) is 44.5 Å². The van der Waals surface area contributed by atoms with Crippen LogP contribution in [0, 0.1) is 5.92 Å². The van der Waals surface area contributed by atoms with Crippen LogP contribution in [0.25, 0.3) is 0 Å². The van der Waals surface area contributed by atoms with Crippen LogP contribution in [0.4, 0.5) is 13.2 Å². The maximum atomic E-state index is 12.0. The predicted octanol–water partition coefficient (Wildman–Crippen LogP) is 3.01. The molecule has 1 fully saturated rings. The van der Waals surface area contributed by atoms with Crippen molar-refractivity contribution in [1.29, 1.82) is 0 Å². The first-order valence-electron chi connectivity index (χ1n) is 6.15. The van der Waals surface area contributed by atoms with Crippen molar-refractivity contribution in [2.45, 2.75) is 25.2 Å². The van der Waals surface area contributed by atoms with E-state index in [1.54, 1.807) is 12.1 Å². The second-order valence-corrected chi connectivity index (χ2v) is 4.59. The third-order valence-electron chi connectivity index (χ3n) is 3.27. The van der Waals surface area contributed by atoms with E-state index in [0.717, 1.165) is 18.4 Å². The Labute approximate surface area is 109 Å².